The Morgan fingerprint density at radius 2 is 2.46 bits per heavy atom. The Balaban J connectivity index is 2.62. The predicted molar refractivity (Wildman–Crippen MR) is 46.3 cm³/mol. The molecule has 72 valence electrons. The largest absolute Gasteiger partial charge is 0.394 e. The summed E-state index contributed by atoms with van der Waals surface area (Å²) in [5, 5.41) is 16.0. The highest BCUT2D eigenvalue weighted by atomic mass is 16.3. The third-order valence-electron chi connectivity index (χ3n) is 1.63. The van der Waals surface area contributed by atoms with E-state index < -0.39 is 0 Å². The van der Waals surface area contributed by atoms with Gasteiger partial charge in [-0.3, -0.25) is 4.79 Å². The number of hydrogen-bond acceptors (Lipinski definition) is 4. The van der Waals surface area contributed by atoms with E-state index in [1.54, 1.807) is 6.20 Å². The Morgan fingerprint density at radius 3 is 3.08 bits per heavy atom. The summed E-state index contributed by atoms with van der Waals surface area (Å²) < 4.78 is 1.46. The minimum Gasteiger partial charge on any atom is -0.394 e. The van der Waals surface area contributed by atoms with Crippen molar-refractivity contribution in [3.05, 3.63) is 11.9 Å². The number of Topliss-reactive ketones (excluding diaryl/α,β-unsaturated/α-hetero) is 1. The lowest BCUT2D eigenvalue weighted by atomic mass is 10.2. The van der Waals surface area contributed by atoms with Gasteiger partial charge >= 0.3 is 0 Å². The lowest BCUT2D eigenvalue weighted by molar-refractivity contribution is 0.0977. The zero-order valence-electron chi connectivity index (χ0n) is 7.60. The molecule has 5 heteroatoms. The molecule has 0 atom stereocenters. The number of hydrogen-bond donors (Lipinski definition) is 1. The molecule has 1 heterocycles. The van der Waals surface area contributed by atoms with Crippen LogP contribution in [0.4, 0.5) is 0 Å². The molecule has 1 aromatic heterocycles. The van der Waals surface area contributed by atoms with Crippen LogP contribution in [0.2, 0.25) is 0 Å². The van der Waals surface area contributed by atoms with Crippen LogP contribution in [0.15, 0.2) is 6.20 Å². The lowest BCUT2D eigenvalue weighted by Crippen LogP contribution is -2.02. The number of ketones is 1. The maximum atomic E-state index is 11.3. The van der Waals surface area contributed by atoms with Gasteiger partial charge in [-0.1, -0.05) is 12.1 Å². The van der Waals surface area contributed by atoms with Crippen LogP contribution in [0.25, 0.3) is 0 Å². The average Bonchev–Trinajstić information content (AvgIpc) is 2.54. The Labute approximate surface area is 76.4 Å². The first-order valence-corrected chi connectivity index (χ1v) is 4.32. The number of carbonyl (C=O) groups excluding carboxylic acids is 1. The van der Waals surface area contributed by atoms with Crippen molar-refractivity contribution >= 4 is 5.78 Å². The van der Waals surface area contributed by atoms with Gasteiger partial charge in [0.15, 0.2) is 5.78 Å². The summed E-state index contributed by atoms with van der Waals surface area (Å²) in [5.74, 6) is 0.00619. The highest BCUT2D eigenvalue weighted by molar-refractivity contribution is 5.93. The van der Waals surface area contributed by atoms with Crippen molar-refractivity contribution in [3.63, 3.8) is 0 Å². The van der Waals surface area contributed by atoms with Crippen LogP contribution >= 0.6 is 0 Å². The Morgan fingerprint density at radius 1 is 1.69 bits per heavy atom. The standard InChI is InChI=1S/C8H13N3O2/c1-2-3-8(13)7-6-11(4-5-12)10-9-7/h6,12H,2-5H2,1H3. The van der Waals surface area contributed by atoms with Crippen LogP contribution in [-0.4, -0.2) is 32.5 Å². The molecular formula is C8H13N3O2. The molecule has 0 aliphatic rings. The van der Waals surface area contributed by atoms with Crippen molar-refractivity contribution in [2.75, 3.05) is 6.61 Å². The first-order chi connectivity index (χ1) is 6.27. The highest BCUT2D eigenvalue weighted by Crippen LogP contribution is 2.00. The number of aliphatic hydroxyl groups is 1. The van der Waals surface area contributed by atoms with E-state index in [9.17, 15) is 4.79 Å². The lowest BCUT2D eigenvalue weighted by Gasteiger charge is -1.92. The molecule has 0 aliphatic heterocycles. The molecule has 1 rings (SSSR count). The maximum absolute atomic E-state index is 11.3. The molecule has 5 nitrogen and oxygen atoms in total. The van der Waals surface area contributed by atoms with E-state index >= 15 is 0 Å². The molecule has 0 bridgehead atoms. The first-order valence-electron chi connectivity index (χ1n) is 4.32. The number of aromatic nitrogens is 3. The van der Waals surface area contributed by atoms with Gasteiger partial charge in [-0.15, -0.1) is 5.10 Å². The van der Waals surface area contributed by atoms with E-state index in [0.717, 1.165) is 6.42 Å². The second-order valence-electron chi connectivity index (χ2n) is 2.76. The molecule has 0 saturated carbocycles. The molecule has 0 unspecified atom stereocenters. The number of rotatable bonds is 5. The molecule has 0 aromatic carbocycles. The zero-order valence-corrected chi connectivity index (χ0v) is 7.60. The average molecular weight is 183 g/mol. The normalized spacial score (nSPS) is 10.3. The summed E-state index contributed by atoms with van der Waals surface area (Å²) in [5.41, 5.74) is 0.385. The fourth-order valence-corrected chi connectivity index (χ4v) is 0.993. The summed E-state index contributed by atoms with van der Waals surface area (Å²) in [4.78, 5) is 11.3. The van der Waals surface area contributed by atoms with Gasteiger partial charge in [0.2, 0.25) is 0 Å². The molecule has 0 spiro atoms. The molecular weight excluding hydrogens is 170 g/mol. The monoisotopic (exact) mass is 183 g/mol. The number of aliphatic hydroxyl groups excluding tert-OH is 1. The maximum Gasteiger partial charge on any atom is 0.184 e. The molecule has 0 amide bonds. The molecule has 13 heavy (non-hydrogen) atoms. The quantitative estimate of drug-likeness (QED) is 0.664. The topological polar surface area (TPSA) is 68.0 Å². The van der Waals surface area contributed by atoms with Gasteiger partial charge in [0.1, 0.15) is 5.69 Å². The minimum absolute atomic E-state index is 0.00473. The molecule has 0 saturated heterocycles. The van der Waals surface area contributed by atoms with Crippen LogP contribution in [0.3, 0.4) is 0 Å². The molecule has 0 aliphatic carbocycles. The van der Waals surface area contributed by atoms with E-state index in [-0.39, 0.29) is 12.4 Å². The van der Waals surface area contributed by atoms with Crippen LogP contribution < -0.4 is 0 Å². The third kappa shape index (κ3) is 2.62. The van der Waals surface area contributed by atoms with Gasteiger partial charge in [0, 0.05) is 6.42 Å². The van der Waals surface area contributed by atoms with Crippen LogP contribution in [0, 0.1) is 0 Å². The molecule has 0 radical (unpaired) electrons. The minimum atomic E-state index is 0.00473. The fourth-order valence-electron chi connectivity index (χ4n) is 0.993. The Kier molecular flexibility index (Phi) is 3.57. The van der Waals surface area contributed by atoms with Crippen LogP contribution in [0.1, 0.15) is 30.3 Å². The molecule has 1 aromatic rings. The van der Waals surface area contributed by atoms with Gasteiger partial charge < -0.3 is 5.11 Å². The Hall–Kier alpha value is -1.23. The van der Waals surface area contributed by atoms with Crippen molar-refractivity contribution in [1.82, 2.24) is 15.0 Å². The van der Waals surface area contributed by atoms with Crippen molar-refractivity contribution in [2.24, 2.45) is 0 Å². The molecule has 1 N–H and O–H groups in total. The van der Waals surface area contributed by atoms with Gasteiger partial charge in [-0.2, -0.15) is 0 Å². The first kappa shape index (κ1) is 9.85. The van der Waals surface area contributed by atoms with Crippen LogP contribution in [-0.2, 0) is 6.54 Å². The summed E-state index contributed by atoms with van der Waals surface area (Å²) >= 11 is 0. The smallest absolute Gasteiger partial charge is 0.184 e. The second kappa shape index (κ2) is 4.71. The van der Waals surface area contributed by atoms with Crippen molar-refractivity contribution in [2.45, 2.75) is 26.3 Å². The zero-order chi connectivity index (χ0) is 9.68. The van der Waals surface area contributed by atoms with Crippen molar-refractivity contribution in [1.29, 1.82) is 0 Å². The fraction of sp³-hybridized carbons (Fsp3) is 0.625. The van der Waals surface area contributed by atoms with E-state index in [0.29, 0.717) is 18.7 Å². The van der Waals surface area contributed by atoms with Crippen LogP contribution in [0.5, 0.6) is 0 Å². The van der Waals surface area contributed by atoms with Crippen molar-refractivity contribution < 1.29 is 9.90 Å². The third-order valence-corrected chi connectivity index (χ3v) is 1.63. The number of nitrogens with zero attached hydrogens (tertiary/aromatic N) is 3. The van der Waals surface area contributed by atoms with E-state index in [1.807, 2.05) is 6.92 Å². The SMILES string of the molecule is CCCC(=O)c1cn(CCO)nn1. The van der Waals surface area contributed by atoms with Crippen molar-refractivity contribution in [3.8, 4) is 0 Å². The van der Waals surface area contributed by atoms with E-state index in [2.05, 4.69) is 10.3 Å². The Bertz CT molecular complexity index is 283. The summed E-state index contributed by atoms with van der Waals surface area (Å²) in [6.07, 6.45) is 2.87. The number of carbonyl (C=O) groups is 1. The highest BCUT2D eigenvalue weighted by Gasteiger charge is 2.08. The van der Waals surface area contributed by atoms with Gasteiger partial charge in [0.25, 0.3) is 0 Å². The van der Waals surface area contributed by atoms with Gasteiger partial charge in [-0.05, 0) is 6.42 Å². The summed E-state index contributed by atoms with van der Waals surface area (Å²) in [6, 6.07) is 0. The van der Waals surface area contributed by atoms with Gasteiger partial charge in [-0.25, -0.2) is 4.68 Å². The van der Waals surface area contributed by atoms with E-state index in [4.69, 9.17) is 5.11 Å². The predicted octanol–water partition coefficient (Wildman–Crippen LogP) is 0.253. The summed E-state index contributed by atoms with van der Waals surface area (Å²) in [6.45, 7) is 2.33. The molecule has 0 fully saturated rings. The summed E-state index contributed by atoms with van der Waals surface area (Å²) in [7, 11) is 0. The van der Waals surface area contributed by atoms with Gasteiger partial charge in [0.05, 0.1) is 19.3 Å². The van der Waals surface area contributed by atoms with E-state index in [1.165, 1.54) is 4.68 Å². The second-order valence-corrected chi connectivity index (χ2v) is 2.76.